The zero-order chi connectivity index (χ0) is 24.9. The van der Waals surface area contributed by atoms with Gasteiger partial charge in [-0.3, -0.25) is 9.59 Å². The maximum absolute atomic E-state index is 12.9. The molecule has 178 valence electrons. The number of furan rings is 1. The summed E-state index contributed by atoms with van der Waals surface area (Å²) in [6.07, 6.45) is 3.22. The van der Waals surface area contributed by atoms with Crippen molar-refractivity contribution in [3.8, 4) is 22.6 Å². The van der Waals surface area contributed by atoms with E-state index in [1.807, 2.05) is 49.4 Å². The molecule has 0 bridgehead atoms. The van der Waals surface area contributed by atoms with Crippen molar-refractivity contribution in [1.82, 2.24) is 0 Å². The fourth-order valence-electron chi connectivity index (χ4n) is 3.90. The number of anilines is 2. The van der Waals surface area contributed by atoms with E-state index in [1.54, 1.807) is 31.6 Å². The lowest BCUT2D eigenvalue weighted by Gasteiger charge is -2.13. The van der Waals surface area contributed by atoms with E-state index >= 15 is 0 Å². The number of amides is 2. The van der Waals surface area contributed by atoms with Crippen LogP contribution in [0, 0.1) is 0 Å². The van der Waals surface area contributed by atoms with Crippen molar-refractivity contribution in [3.05, 3.63) is 78.6 Å². The van der Waals surface area contributed by atoms with Crippen LogP contribution >= 0.6 is 0 Å². The van der Waals surface area contributed by atoms with Crippen LogP contribution in [0.4, 0.5) is 11.4 Å². The van der Waals surface area contributed by atoms with Crippen molar-refractivity contribution in [3.63, 3.8) is 0 Å². The Morgan fingerprint density at radius 1 is 0.886 bits per heavy atom. The number of benzene rings is 3. The predicted octanol–water partition coefficient (Wildman–Crippen LogP) is 6.12. The number of carbonyl (C=O) groups is 2. The third-order valence-corrected chi connectivity index (χ3v) is 5.53. The molecule has 1 aromatic heterocycles. The summed E-state index contributed by atoms with van der Waals surface area (Å²) in [4.78, 5) is 24.3. The van der Waals surface area contributed by atoms with Gasteiger partial charge in [0.1, 0.15) is 17.1 Å². The summed E-state index contributed by atoms with van der Waals surface area (Å²) >= 11 is 0. The maximum Gasteiger partial charge on any atom is 0.248 e. The van der Waals surface area contributed by atoms with Crippen LogP contribution in [0.3, 0.4) is 0 Å². The minimum absolute atomic E-state index is 0.209. The van der Waals surface area contributed by atoms with Gasteiger partial charge in [0.2, 0.25) is 11.8 Å². The van der Waals surface area contributed by atoms with Crippen molar-refractivity contribution in [2.24, 2.45) is 0 Å². The Morgan fingerprint density at radius 3 is 2.31 bits per heavy atom. The second-order valence-corrected chi connectivity index (χ2v) is 7.98. The van der Waals surface area contributed by atoms with E-state index in [9.17, 15) is 9.59 Å². The van der Waals surface area contributed by atoms with E-state index < -0.39 is 0 Å². The Kier molecular flexibility index (Phi) is 6.87. The summed E-state index contributed by atoms with van der Waals surface area (Å²) < 4.78 is 16.7. The quantitative estimate of drug-likeness (QED) is 0.318. The third-order valence-electron chi connectivity index (χ3n) is 5.53. The van der Waals surface area contributed by atoms with Gasteiger partial charge >= 0.3 is 0 Å². The summed E-state index contributed by atoms with van der Waals surface area (Å²) in [6, 6.07) is 18.8. The monoisotopic (exact) mass is 470 g/mol. The summed E-state index contributed by atoms with van der Waals surface area (Å²) in [7, 11) is 3.09. The van der Waals surface area contributed by atoms with Crippen LogP contribution < -0.4 is 20.1 Å². The van der Waals surface area contributed by atoms with Gasteiger partial charge in [-0.2, -0.15) is 0 Å². The first-order chi connectivity index (χ1) is 16.9. The smallest absolute Gasteiger partial charge is 0.248 e. The summed E-state index contributed by atoms with van der Waals surface area (Å²) in [5.41, 5.74) is 5.16. The Bertz CT molecular complexity index is 1420. The first-order valence-electron chi connectivity index (χ1n) is 11.0. The number of hydrogen-bond donors (Lipinski definition) is 2. The van der Waals surface area contributed by atoms with Gasteiger partial charge in [-0.25, -0.2) is 0 Å². The lowest BCUT2D eigenvalue weighted by atomic mass is 9.99. The van der Waals surface area contributed by atoms with Crippen molar-refractivity contribution >= 4 is 39.7 Å². The van der Waals surface area contributed by atoms with Crippen molar-refractivity contribution in [2.75, 3.05) is 24.9 Å². The van der Waals surface area contributed by atoms with E-state index in [0.717, 1.165) is 22.1 Å². The highest BCUT2D eigenvalue weighted by Gasteiger charge is 2.15. The van der Waals surface area contributed by atoms with Crippen LogP contribution in [0.1, 0.15) is 19.4 Å². The Labute approximate surface area is 203 Å². The fourth-order valence-corrected chi connectivity index (χ4v) is 3.90. The molecule has 2 amide bonds. The van der Waals surface area contributed by atoms with Crippen LogP contribution in [-0.2, 0) is 9.59 Å². The number of allylic oxidation sites excluding steroid dienone is 1. The SMILES string of the molecule is COc1ccc(NC(C)=O)cc1NC(=O)/C=C(\C)c1cc2c(-c3ccccc3)coc2cc1OC. The first-order valence-corrected chi connectivity index (χ1v) is 11.0. The van der Waals surface area contributed by atoms with Gasteiger partial charge in [0, 0.05) is 41.3 Å². The summed E-state index contributed by atoms with van der Waals surface area (Å²) in [5, 5.41) is 6.45. The average Bonchev–Trinajstić information content (AvgIpc) is 3.26. The predicted molar refractivity (Wildman–Crippen MR) is 138 cm³/mol. The van der Waals surface area contributed by atoms with Crippen LogP contribution in [0.2, 0.25) is 0 Å². The minimum Gasteiger partial charge on any atom is -0.496 e. The molecule has 4 aromatic rings. The van der Waals surface area contributed by atoms with Crippen LogP contribution in [-0.4, -0.2) is 26.0 Å². The van der Waals surface area contributed by atoms with Gasteiger partial charge in [-0.15, -0.1) is 0 Å². The zero-order valence-corrected chi connectivity index (χ0v) is 20.0. The topological polar surface area (TPSA) is 89.8 Å². The highest BCUT2D eigenvalue weighted by atomic mass is 16.5. The molecule has 0 saturated carbocycles. The van der Waals surface area contributed by atoms with Gasteiger partial charge in [-0.05, 0) is 42.3 Å². The summed E-state index contributed by atoms with van der Waals surface area (Å²) in [5.74, 6) is 0.514. The Balaban J connectivity index is 1.67. The van der Waals surface area contributed by atoms with Crippen molar-refractivity contribution in [1.29, 1.82) is 0 Å². The second kappa shape index (κ2) is 10.2. The van der Waals surface area contributed by atoms with Gasteiger partial charge in [0.05, 0.1) is 26.2 Å². The number of nitrogens with one attached hydrogen (secondary N) is 2. The van der Waals surface area contributed by atoms with E-state index in [1.165, 1.54) is 20.1 Å². The number of rotatable bonds is 7. The molecule has 0 aliphatic heterocycles. The van der Waals surface area contributed by atoms with Crippen LogP contribution in [0.5, 0.6) is 11.5 Å². The second-order valence-electron chi connectivity index (χ2n) is 7.98. The molecular weight excluding hydrogens is 444 g/mol. The highest BCUT2D eigenvalue weighted by Crippen LogP contribution is 2.37. The molecule has 7 nitrogen and oxygen atoms in total. The number of ether oxygens (including phenoxy) is 2. The van der Waals surface area contributed by atoms with Crippen LogP contribution in [0.25, 0.3) is 27.7 Å². The molecule has 0 fully saturated rings. The van der Waals surface area contributed by atoms with Gasteiger partial charge in [-0.1, -0.05) is 30.3 Å². The number of hydrogen-bond acceptors (Lipinski definition) is 5. The molecule has 0 atom stereocenters. The Hall–Kier alpha value is -4.52. The van der Waals surface area contributed by atoms with Crippen LogP contribution in [0.15, 0.2) is 77.4 Å². The normalized spacial score (nSPS) is 11.3. The van der Waals surface area contributed by atoms with E-state index in [-0.39, 0.29) is 11.8 Å². The van der Waals surface area contributed by atoms with Gasteiger partial charge < -0.3 is 24.5 Å². The molecule has 0 spiro atoms. The van der Waals surface area contributed by atoms with E-state index in [0.29, 0.717) is 34.0 Å². The largest absolute Gasteiger partial charge is 0.496 e. The number of carbonyl (C=O) groups excluding carboxylic acids is 2. The molecule has 2 N–H and O–H groups in total. The first kappa shape index (κ1) is 23.6. The fraction of sp³-hybridized carbons (Fsp3) is 0.143. The van der Waals surface area contributed by atoms with Gasteiger partial charge in [0.25, 0.3) is 0 Å². The zero-order valence-electron chi connectivity index (χ0n) is 20.0. The molecule has 3 aromatic carbocycles. The Morgan fingerprint density at radius 2 is 1.63 bits per heavy atom. The highest BCUT2D eigenvalue weighted by molar-refractivity contribution is 6.06. The lowest BCUT2D eigenvalue weighted by molar-refractivity contribution is -0.114. The molecule has 0 aliphatic carbocycles. The molecule has 4 rings (SSSR count). The number of fused-ring (bicyclic) bond motifs is 1. The molecule has 7 heteroatoms. The lowest BCUT2D eigenvalue weighted by Crippen LogP contribution is -2.11. The summed E-state index contributed by atoms with van der Waals surface area (Å²) in [6.45, 7) is 3.26. The molecular formula is C28H26N2O5. The molecule has 0 radical (unpaired) electrons. The minimum atomic E-state index is -0.349. The van der Waals surface area contributed by atoms with Crippen molar-refractivity contribution in [2.45, 2.75) is 13.8 Å². The molecule has 0 unspecified atom stereocenters. The molecule has 0 saturated heterocycles. The average molecular weight is 471 g/mol. The van der Waals surface area contributed by atoms with E-state index in [2.05, 4.69) is 10.6 Å². The molecule has 1 heterocycles. The molecule has 35 heavy (non-hydrogen) atoms. The standard InChI is InChI=1S/C28H26N2O5/c1-17(12-28(32)30-24-13-20(29-18(2)31)10-11-25(24)33-3)21-14-22-23(19-8-6-5-7-9-19)16-35-27(22)15-26(21)34-4/h5-16H,1-4H3,(H,29,31)(H,30,32)/b17-12+. The van der Waals surface area contributed by atoms with Gasteiger partial charge in [0.15, 0.2) is 0 Å². The van der Waals surface area contributed by atoms with Crippen molar-refractivity contribution < 1.29 is 23.5 Å². The molecule has 0 aliphatic rings. The van der Waals surface area contributed by atoms with E-state index in [4.69, 9.17) is 13.9 Å². The maximum atomic E-state index is 12.9. The number of methoxy groups -OCH3 is 2. The third kappa shape index (κ3) is 5.19.